The number of hydrogen-bond acceptors (Lipinski definition) is 7. The summed E-state index contributed by atoms with van der Waals surface area (Å²) in [5, 5.41) is 1.04. The summed E-state index contributed by atoms with van der Waals surface area (Å²) in [6.45, 7) is 2.53. The average molecular weight is 284 g/mol. The first-order chi connectivity index (χ1) is 8.78. The first-order valence-corrected chi connectivity index (χ1v) is 6.46. The van der Waals surface area contributed by atoms with Gasteiger partial charge in [-0.3, -0.25) is 0 Å². The minimum absolute atomic E-state index is 0.0922. The van der Waals surface area contributed by atoms with E-state index < -0.39 is 0 Å². The maximum Gasteiger partial charge on any atom is 0.321 e. The van der Waals surface area contributed by atoms with E-state index in [2.05, 4.69) is 24.9 Å². The third-order valence-electron chi connectivity index (χ3n) is 1.73. The van der Waals surface area contributed by atoms with Gasteiger partial charge in [-0.1, -0.05) is 6.92 Å². The summed E-state index contributed by atoms with van der Waals surface area (Å²) < 4.78 is 5.31. The summed E-state index contributed by atoms with van der Waals surface area (Å²) in [5.41, 5.74) is 0. The van der Waals surface area contributed by atoms with Gasteiger partial charge >= 0.3 is 6.01 Å². The van der Waals surface area contributed by atoms with Crippen molar-refractivity contribution in [3.8, 4) is 6.01 Å². The Kier molecular flexibility index (Phi) is 4.66. The van der Waals surface area contributed by atoms with Crippen LogP contribution in [0.25, 0.3) is 0 Å². The third-order valence-corrected chi connectivity index (χ3v) is 2.65. The second-order valence-corrected chi connectivity index (χ2v) is 4.42. The summed E-state index contributed by atoms with van der Waals surface area (Å²) in [6.07, 6.45) is 4.16. The van der Waals surface area contributed by atoms with Gasteiger partial charge in [-0.05, 0) is 35.9 Å². The van der Waals surface area contributed by atoms with E-state index in [0.717, 1.165) is 6.42 Å². The zero-order valence-corrected chi connectivity index (χ0v) is 11.1. The van der Waals surface area contributed by atoms with Crippen LogP contribution in [0, 0.1) is 0 Å². The largest absolute Gasteiger partial charge is 0.463 e. The van der Waals surface area contributed by atoms with Crippen LogP contribution in [0.15, 0.2) is 28.8 Å². The van der Waals surface area contributed by atoms with Crippen molar-refractivity contribution in [3.63, 3.8) is 0 Å². The molecule has 0 radical (unpaired) electrons. The van der Waals surface area contributed by atoms with Crippen molar-refractivity contribution in [2.24, 2.45) is 0 Å². The van der Waals surface area contributed by atoms with E-state index in [1.54, 1.807) is 18.5 Å². The van der Waals surface area contributed by atoms with E-state index in [9.17, 15) is 0 Å². The predicted molar refractivity (Wildman–Crippen MR) is 66.8 cm³/mol. The van der Waals surface area contributed by atoms with E-state index in [1.165, 1.54) is 11.8 Å². The van der Waals surface area contributed by atoms with Crippen LogP contribution < -0.4 is 4.74 Å². The molecule has 0 N–H and O–H groups in total. The number of hydrogen-bond donors (Lipinski definition) is 0. The minimum Gasteiger partial charge on any atom is -0.463 e. The SMILES string of the molecule is CCCOc1nc(Cl)nc(Sc2ncccn2)n1. The second kappa shape index (κ2) is 6.46. The molecule has 8 heteroatoms. The van der Waals surface area contributed by atoms with Crippen LogP contribution in [0.1, 0.15) is 13.3 Å². The van der Waals surface area contributed by atoms with Crippen LogP contribution in [0.5, 0.6) is 6.01 Å². The molecule has 6 nitrogen and oxygen atoms in total. The minimum atomic E-state index is 0.0922. The zero-order chi connectivity index (χ0) is 12.8. The molecule has 18 heavy (non-hydrogen) atoms. The molecule has 0 aliphatic rings. The Morgan fingerprint density at radius 2 is 1.94 bits per heavy atom. The molecule has 0 aliphatic heterocycles. The van der Waals surface area contributed by atoms with Crippen LogP contribution in [-0.2, 0) is 0 Å². The lowest BCUT2D eigenvalue weighted by Crippen LogP contribution is -2.02. The number of ether oxygens (including phenoxy) is 1. The van der Waals surface area contributed by atoms with Gasteiger partial charge in [0.25, 0.3) is 0 Å². The van der Waals surface area contributed by atoms with E-state index in [-0.39, 0.29) is 11.3 Å². The molecule has 0 unspecified atom stereocenters. The van der Waals surface area contributed by atoms with Crippen LogP contribution in [0.3, 0.4) is 0 Å². The van der Waals surface area contributed by atoms with Gasteiger partial charge in [-0.15, -0.1) is 0 Å². The first kappa shape index (κ1) is 13.0. The lowest BCUT2D eigenvalue weighted by Gasteiger charge is -2.04. The molecule has 0 aromatic carbocycles. The Labute approximate surface area is 113 Å². The zero-order valence-electron chi connectivity index (χ0n) is 9.58. The number of halogens is 1. The van der Waals surface area contributed by atoms with Crippen molar-refractivity contribution in [3.05, 3.63) is 23.7 Å². The Bertz CT molecular complexity index is 513. The molecular formula is C10H10ClN5OS. The summed E-state index contributed by atoms with van der Waals surface area (Å²) in [7, 11) is 0. The maximum absolute atomic E-state index is 5.80. The van der Waals surface area contributed by atoms with Gasteiger partial charge in [0.1, 0.15) is 0 Å². The monoisotopic (exact) mass is 283 g/mol. The summed E-state index contributed by atoms with van der Waals surface area (Å²) in [4.78, 5) is 20.1. The molecule has 94 valence electrons. The number of nitrogens with zero attached hydrogens (tertiary/aromatic N) is 5. The van der Waals surface area contributed by atoms with Crippen molar-refractivity contribution >= 4 is 23.4 Å². The van der Waals surface area contributed by atoms with Gasteiger partial charge in [0.05, 0.1) is 6.61 Å². The normalized spacial score (nSPS) is 10.3. The molecule has 0 aliphatic carbocycles. The topological polar surface area (TPSA) is 73.7 Å². The van der Waals surface area contributed by atoms with Crippen molar-refractivity contribution in [1.82, 2.24) is 24.9 Å². The number of aromatic nitrogens is 5. The van der Waals surface area contributed by atoms with Crippen molar-refractivity contribution in [1.29, 1.82) is 0 Å². The van der Waals surface area contributed by atoms with Gasteiger partial charge in [0, 0.05) is 12.4 Å². The molecule has 0 atom stereocenters. The molecule has 2 rings (SSSR count). The number of rotatable bonds is 5. The Morgan fingerprint density at radius 3 is 2.67 bits per heavy atom. The fourth-order valence-corrected chi connectivity index (χ4v) is 1.89. The Hall–Kier alpha value is -1.47. The summed E-state index contributed by atoms with van der Waals surface area (Å²) >= 11 is 7.00. The second-order valence-electron chi connectivity index (χ2n) is 3.15. The van der Waals surface area contributed by atoms with Gasteiger partial charge < -0.3 is 4.74 Å². The lowest BCUT2D eigenvalue weighted by molar-refractivity contribution is 0.288. The first-order valence-electron chi connectivity index (χ1n) is 5.27. The molecule has 0 saturated carbocycles. The summed E-state index contributed by atoms with van der Waals surface area (Å²) in [6, 6.07) is 1.95. The molecular weight excluding hydrogens is 274 g/mol. The molecule has 0 amide bonds. The predicted octanol–water partition coefficient (Wildman–Crippen LogP) is 2.25. The van der Waals surface area contributed by atoms with Crippen molar-refractivity contribution in [2.45, 2.75) is 23.7 Å². The van der Waals surface area contributed by atoms with E-state index >= 15 is 0 Å². The molecule has 0 spiro atoms. The van der Waals surface area contributed by atoms with E-state index in [0.29, 0.717) is 16.9 Å². The van der Waals surface area contributed by atoms with Crippen LogP contribution in [-0.4, -0.2) is 31.5 Å². The van der Waals surface area contributed by atoms with Gasteiger partial charge in [0.15, 0.2) is 5.16 Å². The third kappa shape index (κ3) is 3.78. The molecule has 2 heterocycles. The van der Waals surface area contributed by atoms with Gasteiger partial charge in [-0.2, -0.15) is 15.0 Å². The smallest absolute Gasteiger partial charge is 0.321 e. The van der Waals surface area contributed by atoms with Crippen LogP contribution in [0.4, 0.5) is 0 Å². The molecule has 0 fully saturated rings. The van der Waals surface area contributed by atoms with Crippen LogP contribution in [0.2, 0.25) is 5.28 Å². The van der Waals surface area contributed by atoms with E-state index in [4.69, 9.17) is 16.3 Å². The highest BCUT2D eigenvalue weighted by atomic mass is 35.5. The van der Waals surface area contributed by atoms with Gasteiger partial charge in [0.2, 0.25) is 10.4 Å². The summed E-state index contributed by atoms with van der Waals surface area (Å²) in [5.74, 6) is 0. The Balaban J connectivity index is 2.15. The fraction of sp³-hybridized carbons (Fsp3) is 0.300. The highest BCUT2D eigenvalue weighted by Crippen LogP contribution is 2.22. The van der Waals surface area contributed by atoms with Crippen molar-refractivity contribution < 1.29 is 4.74 Å². The van der Waals surface area contributed by atoms with Crippen LogP contribution >= 0.6 is 23.4 Å². The molecule has 2 aromatic heterocycles. The lowest BCUT2D eigenvalue weighted by atomic mass is 10.5. The quantitative estimate of drug-likeness (QED) is 0.779. The fourth-order valence-electron chi connectivity index (χ4n) is 1.04. The highest BCUT2D eigenvalue weighted by Gasteiger charge is 2.08. The van der Waals surface area contributed by atoms with Crippen molar-refractivity contribution in [2.75, 3.05) is 6.61 Å². The Morgan fingerprint density at radius 1 is 1.17 bits per heavy atom. The average Bonchev–Trinajstić information content (AvgIpc) is 2.37. The molecule has 0 saturated heterocycles. The standard InChI is InChI=1S/C10H10ClN5OS/c1-2-6-17-8-14-7(11)15-10(16-8)18-9-12-4-3-5-13-9/h3-5H,2,6H2,1H3. The van der Waals surface area contributed by atoms with Gasteiger partial charge in [-0.25, -0.2) is 9.97 Å². The highest BCUT2D eigenvalue weighted by molar-refractivity contribution is 7.99. The maximum atomic E-state index is 5.80. The molecule has 0 bridgehead atoms. The molecule has 2 aromatic rings. The van der Waals surface area contributed by atoms with E-state index in [1.807, 2.05) is 6.92 Å².